The van der Waals surface area contributed by atoms with Gasteiger partial charge in [-0.3, -0.25) is 0 Å². The van der Waals surface area contributed by atoms with Gasteiger partial charge in [0.25, 0.3) is 0 Å². The summed E-state index contributed by atoms with van der Waals surface area (Å²) in [7, 11) is 1.74. The molecule has 0 radical (unpaired) electrons. The topological polar surface area (TPSA) is 47.3 Å². The highest BCUT2D eigenvalue weighted by atomic mass is 16.5. The van der Waals surface area contributed by atoms with Crippen molar-refractivity contribution in [3.8, 4) is 0 Å². The molecule has 0 spiro atoms. The van der Waals surface area contributed by atoms with Gasteiger partial charge >= 0.3 is 0 Å². The van der Waals surface area contributed by atoms with Gasteiger partial charge in [-0.05, 0) is 18.8 Å². The molecule has 3 heteroatoms. The van der Waals surface area contributed by atoms with Gasteiger partial charge in [-0.2, -0.15) is 0 Å². The van der Waals surface area contributed by atoms with Crippen LogP contribution in [0.4, 0.5) is 0 Å². The fraction of sp³-hybridized carbons (Fsp3) is 1.00. The van der Waals surface area contributed by atoms with E-state index in [0.29, 0.717) is 6.04 Å². The highest BCUT2D eigenvalue weighted by Gasteiger charge is 2.20. The summed E-state index contributed by atoms with van der Waals surface area (Å²) >= 11 is 0. The minimum Gasteiger partial charge on any atom is -0.383 e. The van der Waals surface area contributed by atoms with Crippen LogP contribution in [0, 0.1) is 5.92 Å². The Bertz CT molecular complexity index is 145. The van der Waals surface area contributed by atoms with Crippen LogP contribution in [-0.2, 0) is 4.74 Å². The molecule has 1 saturated carbocycles. The van der Waals surface area contributed by atoms with E-state index in [9.17, 15) is 0 Å². The molecule has 1 fully saturated rings. The Morgan fingerprint density at radius 1 is 1.27 bits per heavy atom. The minimum absolute atomic E-state index is 0.498. The predicted octanol–water partition coefficient (Wildman–Crippen LogP) is 1.52. The maximum absolute atomic E-state index is 5.83. The zero-order valence-corrected chi connectivity index (χ0v) is 10.0. The van der Waals surface area contributed by atoms with Gasteiger partial charge in [-0.15, -0.1) is 0 Å². The standard InChI is InChI=1S/C12H26N2O/c1-15-9-8-14-12(10-13)11-6-4-2-3-5-7-11/h11-12,14H,2-10,13H2,1H3. The van der Waals surface area contributed by atoms with Crippen LogP contribution in [0.5, 0.6) is 0 Å². The van der Waals surface area contributed by atoms with Crippen molar-refractivity contribution in [3.63, 3.8) is 0 Å². The lowest BCUT2D eigenvalue weighted by Crippen LogP contribution is -2.43. The smallest absolute Gasteiger partial charge is 0.0587 e. The van der Waals surface area contributed by atoms with Crippen LogP contribution in [0.1, 0.15) is 38.5 Å². The Hall–Kier alpha value is -0.120. The van der Waals surface area contributed by atoms with Gasteiger partial charge in [0.05, 0.1) is 6.61 Å². The summed E-state index contributed by atoms with van der Waals surface area (Å²) in [5.74, 6) is 0.786. The molecule has 0 aromatic carbocycles. The molecule has 90 valence electrons. The lowest BCUT2D eigenvalue weighted by molar-refractivity contribution is 0.189. The van der Waals surface area contributed by atoms with Crippen LogP contribution in [0.3, 0.4) is 0 Å². The Labute approximate surface area is 93.8 Å². The van der Waals surface area contributed by atoms with Crippen LogP contribution >= 0.6 is 0 Å². The van der Waals surface area contributed by atoms with Crippen LogP contribution in [0.2, 0.25) is 0 Å². The zero-order chi connectivity index (χ0) is 10.9. The number of hydrogen-bond donors (Lipinski definition) is 2. The Balaban J connectivity index is 2.27. The fourth-order valence-corrected chi connectivity index (χ4v) is 2.50. The van der Waals surface area contributed by atoms with E-state index in [0.717, 1.165) is 25.6 Å². The number of ether oxygens (including phenoxy) is 1. The largest absolute Gasteiger partial charge is 0.383 e. The van der Waals surface area contributed by atoms with Crippen molar-refractivity contribution < 1.29 is 4.74 Å². The van der Waals surface area contributed by atoms with Crippen molar-refractivity contribution >= 4 is 0 Å². The molecule has 1 rings (SSSR count). The van der Waals surface area contributed by atoms with Crippen molar-refractivity contribution in [2.24, 2.45) is 11.7 Å². The van der Waals surface area contributed by atoms with Gasteiger partial charge in [0.15, 0.2) is 0 Å². The second-order valence-corrected chi connectivity index (χ2v) is 4.54. The van der Waals surface area contributed by atoms with Gasteiger partial charge < -0.3 is 15.8 Å². The Morgan fingerprint density at radius 3 is 2.47 bits per heavy atom. The molecule has 15 heavy (non-hydrogen) atoms. The average Bonchev–Trinajstić information content (AvgIpc) is 2.53. The summed E-state index contributed by atoms with van der Waals surface area (Å²) < 4.78 is 5.05. The summed E-state index contributed by atoms with van der Waals surface area (Å²) in [4.78, 5) is 0. The first-order chi connectivity index (χ1) is 7.38. The van der Waals surface area contributed by atoms with Gasteiger partial charge in [-0.1, -0.05) is 25.7 Å². The fourth-order valence-electron chi connectivity index (χ4n) is 2.50. The normalized spacial score (nSPS) is 21.2. The zero-order valence-electron chi connectivity index (χ0n) is 10.0. The Morgan fingerprint density at radius 2 is 1.93 bits per heavy atom. The van der Waals surface area contributed by atoms with Gasteiger partial charge in [-0.25, -0.2) is 0 Å². The molecule has 0 amide bonds. The summed E-state index contributed by atoms with van der Waals surface area (Å²) in [5.41, 5.74) is 5.83. The number of nitrogens with one attached hydrogen (secondary N) is 1. The van der Waals surface area contributed by atoms with E-state index < -0.39 is 0 Å². The third-order valence-corrected chi connectivity index (χ3v) is 3.44. The molecule has 0 heterocycles. The molecule has 1 atom stereocenters. The lowest BCUT2D eigenvalue weighted by Gasteiger charge is -2.26. The second-order valence-electron chi connectivity index (χ2n) is 4.54. The summed E-state index contributed by atoms with van der Waals surface area (Å²) in [6.07, 6.45) is 8.28. The van der Waals surface area contributed by atoms with Crippen molar-refractivity contribution in [3.05, 3.63) is 0 Å². The number of nitrogens with two attached hydrogens (primary N) is 1. The summed E-state index contributed by atoms with van der Waals surface area (Å²) in [6.45, 7) is 2.46. The second kappa shape index (κ2) is 8.08. The number of hydrogen-bond acceptors (Lipinski definition) is 3. The molecule has 0 aromatic rings. The van der Waals surface area contributed by atoms with E-state index in [1.54, 1.807) is 7.11 Å². The average molecular weight is 214 g/mol. The van der Waals surface area contributed by atoms with E-state index in [2.05, 4.69) is 5.32 Å². The minimum atomic E-state index is 0.498. The summed E-state index contributed by atoms with van der Waals surface area (Å²) in [5, 5.41) is 3.52. The van der Waals surface area contributed by atoms with Crippen LogP contribution in [-0.4, -0.2) is 32.8 Å². The first-order valence-electron chi connectivity index (χ1n) is 6.31. The third-order valence-electron chi connectivity index (χ3n) is 3.44. The quantitative estimate of drug-likeness (QED) is 0.520. The van der Waals surface area contributed by atoms with E-state index in [-0.39, 0.29) is 0 Å². The predicted molar refractivity (Wildman–Crippen MR) is 63.9 cm³/mol. The molecular formula is C12H26N2O. The molecule has 1 unspecified atom stereocenters. The maximum atomic E-state index is 5.83. The van der Waals surface area contributed by atoms with Crippen LogP contribution in [0.15, 0.2) is 0 Å². The molecular weight excluding hydrogens is 188 g/mol. The van der Waals surface area contributed by atoms with Gasteiger partial charge in [0, 0.05) is 26.2 Å². The monoisotopic (exact) mass is 214 g/mol. The Kier molecular flexibility index (Phi) is 6.98. The molecule has 1 aliphatic carbocycles. The van der Waals surface area contributed by atoms with Crippen molar-refractivity contribution in [1.29, 1.82) is 0 Å². The maximum Gasteiger partial charge on any atom is 0.0587 e. The van der Waals surface area contributed by atoms with Crippen molar-refractivity contribution in [2.75, 3.05) is 26.8 Å². The van der Waals surface area contributed by atoms with Gasteiger partial charge in [0.2, 0.25) is 0 Å². The molecule has 3 nitrogen and oxygen atoms in total. The van der Waals surface area contributed by atoms with E-state index in [1.165, 1.54) is 38.5 Å². The third kappa shape index (κ3) is 4.96. The summed E-state index contributed by atoms with van der Waals surface area (Å²) in [6, 6.07) is 0.498. The first kappa shape index (κ1) is 12.9. The first-order valence-corrected chi connectivity index (χ1v) is 6.31. The van der Waals surface area contributed by atoms with Crippen LogP contribution in [0.25, 0.3) is 0 Å². The lowest BCUT2D eigenvalue weighted by atomic mass is 9.92. The molecule has 0 aliphatic heterocycles. The molecule has 1 aliphatic rings. The molecule has 3 N–H and O–H groups in total. The molecule has 0 saturated heterocycles. The van der Waals surface area contributed by atoms with E-state index >= 15 is 0 Å². The molecule has 0 aromatic heterocycles. The number of methoxy groups -OCH3 is 1. The molecule has 0 bridgehead atoms. The van der Waals surface area contributed by atoms with E-state index in [4.69, 9.17) is 10.5 Å². The number of rotatable bonds is 6. The SMILES string of the molecule is COCCNC(CN)C1CCCCCC1. The highest BCUT2D eigenvalue weighted by molar-refractivity contribution is 4.79. The van der Waals surface area contributed by atoms with E-state index in [1.807, 2.05) is 0 Å². The van der Waals surface area contributed by atoms with Crippen LogP contribution < -0.4 is 11.1 Å². The van der Waals surface area contributed by atoms with Gasteiger partial charge in [0.1, 0.15) is 0 Å². The highest BCUT2D eigenvalue weighted by Crippen LogP contribution is 2.25. The van der Waals surface area contributed by atoms with Crippen molar-refractivity contribution in [1.82, 2.24) is 5.32 Å². The van der Waals surface area contributed by atoms with Crippen molar-refractivity contribution in [2.45, 2.75) is 44.6 Å².